The summed E-state index contributed by atoms with van der Waals surface area (Å²) in [5, 5.41) is 0.329. The number of hydrogen-bond acceptors (Lipinski definition) is 3. The molecule has 4 nitrogen and oxygen atoms in total. The van der Waals surface area contributed by atoms with Crippen molar-refractivity contribution in [2.24, 2.45) is 0 Å². The second kappa shape index (κ2) is 3.98. The van der Waals surface area contributed by atoms with Gasteiger partial charge in [-0.2, -0.15) is 0 Å². The Kier molecular flexibility index (Phi) is 2.52. The third-order valence-electron chi connectivity index (χ3n) is 3.58. The van der Waals surface area contributed by atoms with Crippen LogP contribution in [0.25, 0.3) is 10.9 Å². The van der Waals surface area contributed by atoms with Crippen LogP contribution in [-0.4, -0.2) is 11.7 Å². The molecule has 0 spiro atoms. The van der Waals surface area contributed by atoms with Crippen LogP contribution in [0.3, 0.4) is 0 Å². The van der Waals surface area contributed by atoms with E-state index in [-0.39, 0.29) is 16.9 Å². The Morgan fingerprint density at radius 2 is 2.16 bits per heavy atom. The van der Waals surface area contributed by atoms with Gasteiger partial charge in [-0.05, 0) is 25.8 Å². The van der Waals surface area contributed by atoms with E-state index in [9.17, 15) is 9.18 Å². The minimum atomic E-state index is -0.616. The van der Waals surface area contributed by atoms with Gasteiger partial charge in [-0.3, -0.25) is 4.79 Å². The number of nitrogens with zero attached hydrogens (tertiary/aromatic N) is 1. The summed E-state index contributed by atoms with van der Waals surface area (Å²) in [5.74, 6) is -0.367. The van der Waals surface area contributed by atoms with Crippen molar-refractivity contribution < 1.29 is 9.13 Å². The Labute approximate surface area is 109 Å². The fourth-order valence-corrected chi connectivity index (χ4v) is 2.45. The predicted molar refractivity (Wildman–Crippen MR) is 72.1 cm³/mol. The molecule has 0 saturated heterocycles. The predicted octanol–water partition coefficient (Wildman–Crippen LogP) is 2.37. The van der Waals surface area contributed by atoms with Gasteiger partial charge in [0.15, 0.2) is 17.0 Å². The highest BCUT2D eigenvalue weighted by molar-refractivity contribution is 5.91. The zero-order valence-corrected chi connectivity index (χ0v) is 10.9. The summed E-state index contributed by atoms with van der Waals surface area (Å²) in [6, 6.07) is 1.56. The van der Waals surface area contributed by atoms with Crippen LogP contribution in [0, 0.1) is 12.7 Å². The fraction of sp³-hybridized carbons (Fsp3) is 0.357. The molecule has 5 heteroatoms. The van der Waals surface area contributed by atoms with Gasteiger partial charge in [-0.25, -0.2) is 4.39 Å². The topological polar surface area (TPSA) is 57.2 Å². The van der Waals surface area contributed by atoms with Crippen molar-refractivity contribution in [1.82, 2.24) is 4.57 Å². The van der Waals surface area contributed by atoms with Gasteiger partial charge in [-0.15, -0.1) is 0 Å². The largest absolute Gasteiger partial charge is 0.492 e. The molecule has 1 aliphatic rings. The zero-order valence-electron chi connectivity index (χ0n) is 10.9. The lowest BCUT2D eigenvalue weighted by Crippen LogP contribution is -2.14. The Balaban J connectivity index is 2.52. The van der Waals surface area contributed by atoms with E-state index in [1.165, 1.54) is 13.2 Å². The molecule has 1 heterocycles. The van der Waals surface area contributed by atoms with E-state index >= 15 is 0 Å². The molecule has 1 saturated carbocycles. The fourth-order valence-electron chi connectivity index (χ4n) is 2.45. The summed E-state index contributed by atoms with van der Waals surface area (Å²) >= 11 is 0. The first kappa shape index (κ1) is 12.0. The van der Waals surface area contributed by atoms with Crippen LogP contribution in [0.1, 0.15) is 24.4 Å². The molecule has 100 valence electrons. The molecule has 1 aliphatic carbocycles. The van der Waals surface area contributed by atoms with Gasteiger partial charge in [0.2, 0.25) is 0 Å². The van der Waals surface area contributed by atoms with E-state index in [1.807, 2.05) is 10.8 Å². The summed E-state index contributed by atoms with van der Waals surface area (Å²) in [6.07, 6.45) is 3.91. The highest BCUT2D eigenvalue weighted by Gasteiger charge is 2.27. The van der Waals surface area contributed by atoms with Crippen LogP contribution in [0.15, 0.2) is 17.1 Å². The van der Waals surface area contributed by atoms with Gasteiger partial charge in [0.25, 0.3) is 0 Å². The van der Waals surface area contributed by atoms with Crippen molar-refractivity contribution in [3.63, 3.8) is 0 Å². The molecule has 0 radical (unpaired) electrons. The SMILES string of the molecule is COc1c(N)c(F)cc2c(=O)c(C)cn(C3CC3)c12. The van der Waals surface area contributed by atoms with Crippen LogP contribution in [-0.2, 0) is 0 Å². The lowest BCUT2D eigenvalue weighted by atomic mass is 10.1. The minimum Gasteiger partial charge on any atom is -0.492 e. The van der Waals surface area contributed by atoms with E-state index in [0.29, 0.717) is 22.5 Å². The summed E-state index contributed by atoms with van der Waals surface area (Å²) in [6.45, 7) is 1.74. The Hall–Kier alpha value is -2.04. The maximum atomic E-state index is 13.8. The molecule has 0 aliphatic heterocycles. The van der Waals surface area contributed by atoms with Gasteiger partial charge < -0.3 is 15.0 Å². The number of anilines is 1. The Morgan fingerprint density at radius 1 is 1.47 bits per heavy atom. The number of rotatable bonds is 2. The van der Waals surface area contributed by atoms with Crippen molar-refractivity contribution >= 4 is 16.6 Å². The molecule has 0 amide bonds. The monoisotopic (exact) mass is 262 g/mol. The summed E-state index contributed by atoms with van der Waals surface area (Å²) in [5.41, 5.74) is 6.70. The number of aromatic nitrogens is 1. The third kappa shape index (κ3) is 1.69. The molecule has 19 heavy (non-hydrogen) atoms. The summed E-state index contributed by atoms with van der Waals surface area (Å²) in [7, 11) is 1.44. The Morgan fingerprint density at radius 3 is 2.74 bits per heavy atom. The average Bonchev–Trinajstić information content (AvgIpc) is 3.20. The molecule has 0 bridgehead atoms. The normalized spacial score (nSPS) is 14.9. The van der Waals surface area contributed by atoms with Crippen molar-refractivity contribution in [3.8, 4) is 5.75 Å². The van der Waals surface area contributed by atoms with Gasteiger partial charge in [-0.1, -0.05) is 0 Å². The van der Waals surface area contributed by atoms with E-state index < -0.39 is 5.82 Å². The van der Waals surface area contributed by atoms with Gasteiger partial charge in [0.1, 0.15) is 5.69 Å². The Bertz CT molecular complexity index is 733. The van der Waals surface area contributed by atoms with Crippen LogP contribution < -0.4 is 15.9 Å². The number of halogens is 1. The molecule has 0 atom stereocenters. The number of aryl methyl sites for hydroxylation is 1. The van der Waals surface area contributed by atoms with E-state index in [0.717, 1.165) is 12.8 Å². The number of benzene rings is 1. The number of nitrogens with two attached hydrogens (primary N) is 1. The minimum absolute atomic E-state index is 0.0485. The summed E-state index contributed by atoms with van der Waals surface area (Å²) in [4.78, 5) is 12.2. The number of hydrogen-bond donors (Lipinski definition) is 1. The first-order valence-corrected chi connectivity index (χ1v) is 6.22. The third-order valence-corrected chi connectivity index (χ3v) is 3.58. The summed E-state index contributed by atoms with van der Waals surface area (Å²) < 4.78 is 21.0. The molecule has 1 fully saturated rings. The molecular weight excluding hydrogens is 247 g/mol. The second-order valence-electron chi connectivity index (χ2n) is 4.98. The number of nitrogen functional groups attached to an aromatic ring is 1. The molecule has 2 aromatic rings. The zero-order chi connectivity index (χ0) is 13.7. The van der Waals surface area contributed by atoms with Gasteiger partial charge in [0, 0.05) is 17.8 Å². The van der Waals surface area contributed by atoms with E-state index in [1.54, 1.807) is 6.92 Å². The quantitative estimate of drug-likeness (QED) is 0.845. The smallest absolute Gasteiger partial charge is 0.192 e. The number of fused-ring (bicyclic) bond motifs is 1. The molecule has 2 N–H and O–H groups in total. The van der Waals surface area contributed by atoms with Crippen molar-refractivity contribution in [1.29, 1.82) is 0 Å². The van der Waals surface area contributed by atoms with E-state index in [4.69, 9.17) is 10.5 Å². The van der Waals surface area contributed by atoms with E-state index in [2.05, 4.69) is 0 Å². The average molecular weight is 262 g/mol. The molecule has 1 aromatic carbocycles. The second-order valence-corrected chi connectivity index (χ2v) is 4.98. The van der Waals surface area contributed by atoms with Crippen molar-refractivity contribution in [3.05, 3.63) is 33.9 Å². The molecular formula is C14H15FN2O2. The van der Waals surface area contributed by atoms with Crippen molar-refractivity contribution in [2.45, 2.75) is 25.8 Å². The maximum absolute atomic E-state index is 13.8. The lowest BCUT2D eigenvalue weighted by Gasteiger charge is -2.16. The highest BCUT2D eigenvalue weighted by Crippen LogP contribution is 2.41. The van der Waals surface area contributed by atoms with Gasteiger partial charge in [0.05, 0.1) is 18.0 Å². The first-order chi connectivity index (χ1) is 9.04. The first-order valence-electron chi connectivity index (χ1n) is 6.22. The number of ether oxygens (including phenoxy) is 1. The molecule has 1 aromatic heterocycles. The van der Waals surface area contributed by atoms with Crippen molar-refractivity contribution in [2.75, 3.05) is 12.8 Å². The number of methoxy groups -OCH3 is 1. The lowest BCUT2D eigenvalue weighted by molar-refractivity contribution is 0.416. The number of pyridine rings is 1. The van der Waals surface area contributed by atoms with Crippen LogP contribution in [0.4, 0.5) is 10.1 Å². The van der Waals surface area contributed by atoms with Gasteiger partial charge >= 0.3 is 0 Å². The molecule has 0 unspecified atom stereocenters. The standard InChI is InChI=1S/C14H15FN2O2/c1-7-6-17(8-3-4-8)12-9(13(7)18)5-10(15)11(16)14(12)19-2/h5-6,8H,3-4,16H2,1-2H3. The van der Waals surface area contributed by atoms with Crippen LogP contribution in [0.2, 0.25) is 0 Å². The molecule has 3 rings (SSSR count). The van der Waals surface area contributed by atoms with Crippen LogP contribution >= 0.6 is 0 Å². The maximum Gasteiger partial charge on any atom is 0.192 e. The highest BCUT2D eigenvalue weighted by atomic mass is 19.1. The van der Waals surface area contributed by atoms with Crippen LogP contribution in [0.5, 0.6) is 5.75 Å².